The fraction of sp³-hybridized carbons (Fsp3) is 0.389. The number of ether oxygens (including phenoxy) is 1. The third-order valence-corrected chi connectivity index (χ3v) is 4.04. The molecule has 2 N–H and O–H groups in total. The Morgan fingerprint density at radius 3 is 2.85 bits per heavy atom. The number of carbonyl (C=O) groups is 2. The maximum Gasteiger partial charge on any atom is 0.322 e. The normalized spacial score (nSPS) is 16.1. The number of rotatable bonds is 6. The van der Waals surface area contributed by atoms with Gasteiger partial charge in [0.15, 0.2) is 5.82 Å². The van der Waals surface area contributed by atoms with Crippen LogP contribution in [-0.2, 0) is 9.53 Å². The van der Waals surface area contributed by atoms with E-state index in [2.05, 4.69) is 15.8 Å². The quantitative estimate of drug-likeness (QED) is 0.808. The number of nitrogens with zero attached hydrogens (tertiary/aromatic N) is 2. The Kier molecular flexibility index (Phi) is 6.02. The summed E-state index contributed by atoms with van der Waals surface area (Å²) in [6.07, 6.45) is 1.59. The largest absolute Gasteiger partial charge is 0.376 e. The fourth-order valence-electron chi connectivity index (χ4n) is 2.80. The molecule has 27 heavy (non-hydrogen) atoms. The second-order valence-corrected chi connectivity index (χ2v) is 6.33. The summed E-state index contributed by atoms with van der Waals surface area (Å²) in [6, 6.07) is 6.63. The molecule has 9 heteroatoms. The van der Waals surface area contributed by atoms with E-state index in [0.29, 0.717) is 18.1 Å². The number of benzene rings is 1. The number of hydrogen-bond acceptors (Lipinski definition) is 5. The molecule has 2 heterocycles. The zero-order valence-corrected chi connectivity index (χ0v) is 14.9. The first-order chi connectivity index (χ1) is 13.0. The summed E-state index contributed by atoms with van der Waals surface area (Å²) in [7, 11) is 0. The number of hydrogen-bond donors (Lipinski definition) is 2. The van der Waals surface area contributed by atoms with Crippen molar-refractivity contribution in [2.75, 3.05) is 30.3 Å². The molecule has 144 valence electrons. The predicted octanol–water partition coefficient (Wildman–Crippen LogP) is 2.77. The van der Waals surface area contributed by atoms with Gasteiger partial charge in [0.05, 0.1) is 6.10 Å². The lowest BCUT2D eigenvalue weighted by Crippen LogP contribution is -2.44. The highest BCUT2D eigenvalue weighted by Crippen LogP contribution is 2.16. The van der Waals surface area contributed by atoms with Gasteiger partial charge in [0.25, 0.3) is 0 Å². The summed E-state index contributed by atoms with van der Waals surface area (Å²) >= 11 is 0. The number of carbonyl (C=O) groups excluding carboxylic acids is 2. The third kappa shape index (κ3) is 5.52. The summed E-state index contributed by atoms with van der Waals surface area (Å²) in [6.45, 7) is 2.40. The van der Waals surface area contributed by atoms with Crippen LogP contribution in [0.3, 0.4) is 0 Å². The van der Waals surface area contributed by atoms with Crippen molar-refractivity contribution in [3.63, 3.8) is 0 Å². The van der Waals surface area contributed by atoms with Crippen LogP contribution < -0.4 is 10.6 Å². The molecule has 1 saturated heterocycles. The van der Waals surface area contributed by atoms with Crippen LogP contribution in [0.2, 0.25) is 0 Å². The van der Waals surface area contributed by atoms with Gasteiger partial charge in [-0.2, -0.15) is 0 Å². The maximum atomic E-state index is 13.3. The molecule has 0 unspecified atom stereocenters. The van der Waals surface area contributed by atoms with E-state index in [9.17, 15) is 14.0 Å². The lowest BCUT2D eigenvalue weighted by Gasteiger charge is -2.25. The summed E-state index contributed by atoms with van der Waals surface area (Å²) in [5.74, 6) is -0.0428. The van der Waals surface area contributed by atoms with E-state index in [0.717, 1.165) is 12.8 Å². The highest BCUT2D eigenvalue weighted by molar-refractivity contribution is 5.96. The molecule has 1 aromatic carbocycles. The third-order valence-electron chi connectivity index (χ3n) is 4.04. The van der Waals surface area contributed by atoms with Crippen molar-refractivity contribution in [1.82, 2.24) is 10.1 Å². The Balaban J connectivity index is 1.65. The first-order valence-corrected chi connectivity index (χ1v) is 8.66. The van der Waals surface area contributed by atoms with Crippen molar-refractivity contribution in [2.45, 2.75) is 25.9 Å². The summed E-state index contributed by atoms with van der Waals surface area (Å²) in [5, 5.41) is 8.88. The van der Waals surface area contributed by atoms with Crippen LogP contribution in [0.5, 0.6) is 0 Å². The average Bonchev–Trinajstić information content (AvgIpc) is 3.26. The van der Waals surface area contributed by atoms with Crippen molar-refractivity contribution in [1.29, 1.82) is 0 Å². The summed E-state index contributed by atoms with van der Waals surface area (Å²) < 4.78 is 23.8. The zero-order valence-electron chi connectivity index (χ0n) is 14.9. The molecular formula is C18H21FN4O4. The van der Waals surface area contributed by atoms with E-state index in [1.54, 1.807) is 19.1 Å². The van der Waals surface area contributed by atoms with Gasteiger partial charge in [0, 0.05) is 24.9 Å². The fourth-order valence-corrected chi connectivity index (χ4v) is 2.80. The Bertz CT molecular complexity index is 804. The number of halogens is 1. The minimum Gasteiger partial charge on any atom is -0.376 e. The van der Waals surface area contributed by atoms with Crippen LogP contribution >= 0.6 is 0 Å². The average molecular weight is 376 g/mol. The minimum atomic E-state index is -0.511. The molecule has 1 aromatic heterocycles. The molecule has 1 atom stereocenters. The first kappa shape index (κ1) is 18.8. The summed E-state index contributed by atoms with van der Waals surface area (Å²) in [4.78, 5) is 26.3. The SMILES string of the molecule is Cc1cc(NC(=O)CN(C[C@H]2CCCO2)C(=O)Nc2cccc(F)c2)no1. The molecule has 3 amide bonds. The molecule has 3 rings (SSSR count). The van der Waals surface area contributed by atoms with Crippen molar-refractivity contribution >= 4 is 23.4 Å². The Morgan fingerprint density at radius 1 is 1.33 bits per heavy atom. The van der Waals surface area contributed by atoms with E-state index in [-0.39, 0.29) is 25.0 Å². The number of aryl methyl sites for hydroxylation is 1. The number of nitrogens with one attached hydrogen (secondary N) is 2. The Labute approximate surface area is 155 Å². The number of amides is 3. The number of urea groups is 1. The molecule has 2 aromatic rings. The van der Waals surface area contributed by atoms with Crippen molar-refractivity contribution in [3.05, 3.63) is 41.9 Å². The highest BCUT2D eigenvalue weighted by atomic mass is 19.1. The minimum absolute atomic E-state index is 0.134. The predicted molar refractivity (Wildman–Crippen MR) is 95.8 cm³/mol. The van der Waals surface area contributed by atoms with Crippen molar-refractivity contribution < 1.29 is 23.2 Å². The van der Waals surface area contributed by atoms with Gasteiger partial charge in [-0.15, -0.1) is 0 Å². The van der Waals surface area contributed by atoms with Crippen LogP contribution in [-0.4, -0.2) is 47.8 Å². The summed E-state index contributed by atoms with van der Waals surface area (Å²) in [5.41, 5.74) is 0.310. The van der Waals surface area contributed by atoms with Gasteiger partial charge in [-0.3, -0.25) is 4.79 Å². The lowest BCUT2D eigenvalue weighted by atomic mass is 10.2. The van der Waals surface area contributed by atoms with E-state index in [1.807, 2.05) is 0 Å². The molecule has 1 aliphatic rings. The van der Waals surface area contributed by atoms with Crippen LogP contribution in [0.25, 0.3) is 0 Å². The van der Waals surface area contributed by atoms with Gasteiger partial charge in [-0.25, -0.2) is 9.18 Å². The molecule has 1 fully saturated rings. The molecular weight excluding hydrogens is 355 g/mol. The molecule has 0 radical (unpaired) electrons. The maximum absolute atomic E-state index is 13.3. The van der Waals surface area contributed by atoms with Crippen LogP contribution in [0.1, 0.15) is 18.6 Å². The van der Waals surface area contributed by atoms with E-state index in [1.165, 1.54) is 23.1 Å². The van der Waals surface area contributed by atoms with Crippen LogP contribution in [0.15, 0.2) is 34.9 Å². The molecule has 1 aliphatic heterocycles. The van der Waals surface area contributed by atoms with Gasteiger partial charge in [-0.05, 0) is 38.0 Å². The van der Waals surface area contributed by atoms with Crippen molar-refractivity contribution in [2.24, 2.45) is 0 Å². The number of anilines is 2. The molecule has 0 bridgehead atoms. The monoisotopic (exact) mass is 376 g/mol. The smallest absolute Gasteiger partial charge is 0.322 e. The van der Waals surface area contributed by atoms with Crippen molar-refractivity contribution in [3.8, 4) is 0 Å². The van der Waals surface area contributed by atoms with Gasteiger partial charge in [0.1, 0.15) is 18.1 Å². The van der Waals surface area contributed by atoms with Gasteiger partial charge < -0.3 is 24.8 Å². The molecule has 0 aliphatic carbocycles. The topological polar surface area (TPSA) is 96.7 Å². The van der Waals surface area contributed by atoms with E-state index in [4.69, 9.17) is 9.26 Å². The molecule has 0 saturated carbocycles. The standard InChI is InChI=1S/C18H21FN4O4/c1-12-8-16(22-27-12)21-17(24)11-23(10-15-6-3-7-26-15)18(25)20-14-5-2-4-13(19)9-14/h2,4-5,8-9,15H,3,6-7,10-11H2,1H3,(H,20,25)(H,21,22,24)/t15-/m1/s1. The van der Waals surface area contributed by atoms with E-state index >= 15 is 0 Å². The Morgan fingerprint density at radius 2 is 2.19 bits per heavy atom. The van der Waals surface area contributed by atoms with Crippen LogP contribution in [0.4, 0.5) is 20.7 Å². The van der Waals surface area contributed by atoms with Crippen LogP contribution in [0, 0.1) is 12.7 Å². The zero-order chi connectivity index (χ0) is 19.2. The highest BCUT2D eigenvalue weighted by Gasteiger charge is 2.25. The molecule has 0 spiro atoms. The number of aromatic nitrogens is 1. The van der Waals surface area contributed by atoms with E-state index < -0.39 is 17.8 Å². The second kappa shape index (κ2) is 8.63. The Hall–Kier alpha value is -2.94. The van der Waals surface area contributed by atoms with Gasteiger partial charge >= 0.3 is 6.03 Å². The lowest BCUT2D eigenvalue weighted by molar-refractivity contribution is -0.117. The van der Waals surface area contributed by atoms with Gasteiger partial charge in [-0.1, -0.05) is 11.2 Å². The molecule has 8 nitrogen and oxygen atoms in total. The first-order valence-electron chi connectivity index (χ1n) is 8.66. The van der Waals surface area contributed by atoms with Gasteiger partial charge in [0.2, 0.25) is 5.91 Å². The second-order valence-electron chi connectivity index (χ2n) is 6.33.